The van der Waals surface area contributed by atoms with E-state index in [1.807, 2.05) is 11.0 Å². The van der Waals surface area contributed by atoms with Gasteiger partial charge in [-0.1, -0.05) is 17.7 Å². The number of nitrogens with zero attached hydrogens (tertiary/aromatic N) is 1. The smallest absolute Gasteiger partial charge is 0.253 e. The van der Waals surface area contributed by atoms with Crippen LogP contribution in [-0.4, -0.2) is 41.3 Å². The molecule has 0 spiro atoms. The fraction of sp³-hybridized carbons (Fsp3) is 0.375. The maximum absolute atomic E-state index is 12.2. The summed E-state index contributed by atoms with van der Waals surface area (Å²) >= 11 is 5.93. The lowest BCUT2D eigenvalue weighted by molar-refractivity contribution is -0.129. The van der Waals surface area contributed by atoms with Crippen LogP contribution in [0, 0.1) is 0 Å². The number of aromatic amines is 1. The lowest BCUT2D eigenvalue weighted by Crippen LogP contribution is -2.32. The molecule has 1 aliphatic heterocycles. The molecule has 1 saturated heterocycles. The van der Waals surface area contributed by atoms with Crippen LogP contribution in [-0.2, 0) is 4.79 Å². The predicted molar refractivity (Wildman–Crippen MR) is 86.1 cm³/mol. The third kappa shape index (κ3) is 3.09. The van der Waals surface area contributed by atoms with Crippen molar-refractivity contribution in [2.75, 3.05) is 19.6 Å². The second kappa shape index (κ2) is 6.40. The monoisotopic (exact) mass is 319 g/mol. The molecular formula is C16H18ClN3O2. The highest BCUT2D eigenvalue weighted by Crippen LogP contribution is 2.21. The van der Waals surface area contributed by atoms with Crippen molar-refractivity contribution in [3.63, 3.8) is 0 Å². The summed E-state index contributed by atoms with van der Waals surface area (Å²) in [6.45, 7) is 2.04. The summed E-state index contributed by atoms with van der Waals surface area (Å²) in [5, 5.41) is 4.26. The van der Waals surface area contributed by atoms with Gasteiger partial charge in [-0.25, -0.2) is 0 Å². The number of H-pyrrole nitrogens is 1. The van der Waals surface area contributed by atoms with E-state index in [4.69, 9.17) is 11.6 Å². The van der Waals surface area contributed by atoms with Crippen molar-refractivity contribution in [3.05, 3.63) is 35.0 Å². The molecule has 1 aliphatic rings. The Bertz CT molecular complexity index is 704. The SMILES string of the molecule is O=C(NCCC(=O)N1CCCC1)c1c[nH]c2cc(Cl)ccc12. The van der Waals surface area contributed by atoms with E-state index < -0.39 is 0 Å². The fourth-order valence-electron chi connectivity index (χ4n) is 2.79. The average Bonchev–Trinajstić information content (AvgIpc) is 3.16. The van der Waals surface area contributed by atoms with Gasteiger partial charge in [-0.3, -0.25) is 9.59 Å². The maximum Gasteiger partial charge on any atom is 0.253 e. The van der Waals surface area contributed by atoms with Gasteiger partial charge in [0.25, 0.3) is 5.91 Å². The first-order chi connectivity index (χ1) is 10.6. The number of nitrogens with one attached hydrogen (secondary N) is 2. The molecule has 0 atom stereocenters. The van der Waals surface area contributed by atoms with E-state index in [0.717, 1.165) is 36.8 Å². The normalized spacial score (nSPS) is 14.5. The highest BCUT2D eigenvalue weighted by Gasteiger charge is 2.18. The van der Waals surface area contributed by atoms with Crippen LogP contribution >= 0.6 is 11.6 Å². The zero-order valence-electron chi connectivity index (χ0n) is 12.2. The molecule has 0 saturated carbocycles. The number of hydrogen-bond donors (Lipinski definition) is 2. The number of hydrogen-bond acceptors (Lipinski definition) is 2. The van der Waals surface area contributed by atoms with E-state index in [-0.39, 0.29) is 11.8 Å². The minimum atomic E-state index is -0.178. The number of likely N-dealkylation sites (tertiary alicyclic amines) is 1. The summed E-state index contributed by atoms with van der Waals surface area (Å²) in [5.74, 6) is -0.0636. The second-order valence-corrected chi connectivity index (χ2v) is 5.92. The number of benzene rings is 1. The molecule has 2 amide bonds. The van der Waals surface area contributed by atoms with Gasteiger partial charge in [-0.15, -0.1) is 0 Å². The van der Waals surface area contributed by atoms with Crippen molar-refractivity contribution in [3.8, 4) is 0 Å². The van der Waals surface area contributed by atoms with Gasteiger partial charge in [0.1, 0.15) is 0 Å². The lowest BCUT2D eigenvalue weighted by Gasteiger charge is -2.15. The van der Waals surface area contributed by atoms with Gasteiger partial charge in [0.2, 0.25) is 5.91 Å². The van der Waals surface area contributed by atoms with Crippen LogP contribution in [0.5, 0.6) is 0 Å². The van der Waals surface area contributed by atoms with Crippen molar-refractivity contribution in [1.82, 2.24) is 15.2 Å². The van der Waals surface area contributed by atoms with Crippen LogP contribution in [0.15, 0.2) is 24.4 Å². The zero-order chi connectivity index (χ0) is 15.5. The van der Waals surface area contributed by atoms with Gasteiger partial charge in [0, 0.05) is 48.2 Å². The molecule has 0 bridgehead atoms. The van der Waals surface area contributed by atoms with Crippen molar-refractivity contribution >= 4 is 34.3 Å². The van der Waals surface area contributed by atoms with Crippen molar-refractivity contribution in [1.29, 1.82) is 0 Å². The quantitative estimate of drug-likeness (QED) is 0.909. The van der Waals surface area contributed by atoms with Gasteiger partial charge in [-0.2, -0.15) is 0 Å². The number of fused-ring (bicyclic) bond motifs is 1. The third-order valence-electron chi connectivity index (χ3n) is 3.97. The Kier molecular flexibility index (Phi) is 4.34. The summed E-state index contributed by atoms with van der Waals surface area (Å²) in [6, 6.07) is 5.36. The Hall–Kier alpha value is -2.01. The first kappa shape index (κ1) is 14.9. The summed E-state index contributed by atoms with van der Waals surface area (Å²) in [4.78, 5) is 29.0. The molecular weight excluding hydrogens is 302 g/mol. The van der Waals surface area contributed by atoms with Crippen LogP contribution in [0.3, 0.4) is 0 Å². The molecule has 1 aromatic carbocycles. The Labute approximate surface area is 133 Å². The molecule has 0 unspecified atom stereocenters. The highest BCUT2D eigenvalue weighted by atomic mass is 35.5. The Morgan fingerprint density at radius 1 is 1.27 bits per heavy atom. The van der Waals surface area contributed by atoms with Crippen LogP contribution < -0.4 is 5.32 Å². The third-order valence-corrected chi connectivity index (χ3v) is 4.21. The zero-order valence-corrected chi connectivity index (χ0v) is 12.9. The Balaban J connectivity index is 1.58. The Morgan fingerprint density at radius 2 is 2.05 bits per heavy atom. The molecule has 116 valence electrons. The van der Waals surface area contributed by atoms with Crippen LogP contribution in [0.1, 0.15) is 29.6 Å². The van der Waals surface area contributed by atoms with Gasteiger partial charge < -0.3 is 15.2 Å². The summed E-state index contributed by atoms with van der Waals surface area (Å²) in [7, 11) is 0. The molecule has 2 aromatic rings. The van der Waals surface area contributed by atoms with Gasteiger partial charge >= 0.3 is 0 Å². The highest BCUT2D eigenvalue weighted by molar-refractivity contribution is 6.31. The molecule has 1 aromatic heterocycles. The average molecular weight is 320 g/mol. The van der Waals surface area contributed by atoms with E-state index in [1.165, 1.54) is 0 Å². The summed E-state index contributed by atoms with van der Waals surface area (Å²) < 4.78 is 0. The number of aromatic nitrogens is 1. The molecule has 6 heteroatoms. The van der Waals surface area contributed by atoms with Gasteiger partial charge in [0.05, 0.1) is 5.56 Å². The number of carbonyl (C=O) groups excluding carboxylic acids is 2. The van der Waals surface area contributed by atoms with E-state index in [2.05, 4.69) is 10.3 Å². The molecule has 0 radical (unpaired) electrons. The fourth-order valence-corrected chi connectivity index (χ4v) is 2.96. The lowest BCUT2D eigenvalue weighted by atomic mass is 10.1. The minimum absolute atomic E-state index is 0.114. The topological polar surface area (TPSA) is 65.2 Å². The predicted octanol–water partition coefficient (Wildman–Crippen LogP) is 2.56. The van der Waals surface area contributed by atoms with E-state index >= 15 is 0 Å². The van der Waals surface area contributed by atoms with Crippen molar-refractivity contribution in [2.45, 2.75) is 19.3 Å². The first-order valence-corrected chi connectivity index (χ1v) is 7.85. The summed E-state index contributed by atoms with van der Waals surface area (Å²) in [5.41, 5.74) is 1.39. The molecule has 1 fully saturated rings. The largest absolute Gasteiger partial charge is 0.360 e. The number of carbonyl (C=O) groups is 2. The maximum atomic E-state index is 12.2. The number of amides is 2. The molecule has 22 heavy (non-hydrogen) atoms. The first-order valence-electron chi connectivity index (χ1n) is 7.48. The second-order valence-electron chi connectivity index (χ2n) is 5.49. The van der Waals surface area contributed by atoms with E-state index in [9.17, 15) is 9.59 Å². The molecule has 2 heterocycles. The summed E-state index contributed by atoms with van der Waals surface area (Å²) in [6.07, 6.45) is 4.17. The molecule has 2 N–H and O–H groups in total. The number of rotatable bonds is 4. The van der Waals surface area contributed by atoms with E-state index in [1.54, 1.807) is 18.3 Å². The number of halogens is 1. The molecule has 3 rings (SSSR count). The van der Waals surface area contributed by atoms with Crippen LogP contribution in [0.4, 0.5) is 0 Å². The van der Waals surface area contributed by atoms with Gasteiger partial charge in [-0.05, 0) is 25.0 Å². The van der Waals surface area contributed by atoms with Gasteiger partial charge in [0.15, 0.2) is 0 Å². The molecule has 5 nitrogen and oxygen atoms in total. The minimum Gasteiger partial charge on any atom is -0.360 e. The molecule has 0 aliphatic carbocycles. The Morgan fingerprint density at radius 3 is 2.82 bits per heavy atom. The van der Waals surface area contributed by atoms with Crippen molar-refractivity contribution < 1.29 is 9.59 Å². The van der Waals surface area contributed by atoms with Crippen LogP contribution in [0.2, 0.25) is 5.02 Å². The van der Waals surface area contributed by atoms with Crippen LogP contribution in [0.25, 0.3) is 10.9 Å². The standard InChI is InChI=1S/C16H18ClN3O2/c17-11-3-4-12-13(10-19-14(12)9-11)16(22)18-6-5-15(21)20-7-1-2-8-20/h3-4,9-10,19H,1-2,5-8H2,(H,18,22). The van der Waals surface area contributed by atoms with E-state index in [0.29, 0.717) is 23.6 Å². The van der Waals surface area contributed by atoms with Crippen molar-refractivity contribution in [2.24, 2.45) is 0 Å².